The standard InChI is InChI=1S/C13H16/c1-11(2)6-4-8-13-9-5-7-12(3)10-13/h4-10H,1-3H3. The second kappa shape index (κ2) is 4.66. The molecule has 0 bridgehead atoms. The van der Waals surface area contributed by atoms with Crippen LogP contribution < -0.4 is 0 Å². The van der Waals surface area contributed by atoms with Gasteiger partial charge in [-0.15, -0.1) is 0 Å². The molecule has 0 spiro atoms. The number of benzene rings is 1. The van der Waals surface area contributed by atoms with Crippen LogP contribution in [0.25, 0.3) is 6.08 Å². The molecule has 0 fully saturated rings. The SMILES string of the molecule is CC(C)=CC=Cc1cccc(C)c1. The lowest BCUT2D eigenvalue weighted by molar-refractivity contribution is 1.39. The maximum Gasteiger partial charge on any atom is -0.0254 e. The van der Waals surface area contributed by atoms with Crippen molar-refractivity contribution in [3.05, 3.63) is 53.1 Å². The van der Waals surface area contributed by atoms with Crippen LogP contribution in [0.15, 0.2) is 42.0 Å². The Morgan fingerprint density at radius 2 is 2.00 bits per heavy atom. The summed E-state index contributed by atoms with van der Waals surface area (Å²) in [5, 5.41) is 0. The van der Waals surface area contributed by atoms with Gasteiger partial charge in [0, 0.05) is 0 Å². The van der Waals surface area contributed by atoms with Gasteiger partial charge < -0.3 is 0 Å². The van der Waals surface area contributed by atoms with Crippen LogP contribution in [0.3, 0.4) is 0 Å². The van der Waals surface area contributed by atoms with Gasteiger partial charge in [0.25, 0.3) is 0 Å². The molecule has 0 saturated heterocycles. The van der Waals surface area contributed by atoms with Gasteiger partial charge in [-0.3, -0.25) is 0 Å². The lowest BCUT2D eigenvalue weighted by Gasteiger charge is -1.94. The fourth-order valence-electron chi connectivity index (χ4n) is 1.13. The first kappa shape index (κ1) is 9.79. The Balaban J connectivity index is 2.75. The Morgan fingerprint density at radius 3 is 2.62 bits per heavy atom. The molecule has 0 aliphatic rings. The van der Waals surface area contributed by atoms with Gasteiger partial charge >= 0.3 is 0 Å². The molecule has 0 nitrogen and oxygen atoms in total. The Morgan fingerprint density at radius 1 is 1.23 bits per heavy atom. The van der Waals surface area contributed by atoms with Gasteiger partial charge in [0.05, 0.1) is 0 Å². The summed E-state index contributed by atoms with van der Waals surface area (Å²) in [6.07, 6.45) is 6.33. The van der Waals surface area contributed by atoms with Crippen molar-refractivity contribution in [2.45, 2.75) is 20.8 Å². The van der Waals surface area contributed by atoms with E-state index in [9.17, 15) is 0 Å². The maximum absolute atomic E-state index is 2.18. The molecule has 1 rings (SSSR count). The summed E-state index contributed by atoms with van der Waals surface area (Å²) in [4.78, 5) is 0. The molecule has 0 heteroatoms. The van der Waals surface area contributed by atoms with E-state index in [-0.39, 0.29) is 0 Å². The van der Waals surface area contributed by atoms with Crippen molar-refractivity contribution < 1.29 is 0 Å². The average molecular weight is 172 g/mol. The predicted octanol–water partition coefficient (Wildman–Crippen LogP) is 3.97. The highest BCUT2D eigenvalue weighted by Crippen LogP contribution is 2.06. The molecule has 0 saturated carbocycles. The first-order valence-corrected chi connectivity index (χ1v) is 4.57. The first-order valence-electron chi connectivity index (χ1n) is 4.57. The Bertz CT molecular complexity index is 326. The van der Waals surface area contributed by atoms with E-state index in [0.717, 1.165) is 0 Å². The van der Waals surface area contributed by atoms with Gasteiger partial charge in [0.15, 0.2) is 0 Å². The van der Waals surface area contributed by atoms with Gasteiger partial charge in [0.1, 0.15) is 0 Å². The minimum Gasteiger partial charge on any atom is -0.0764 e. The normalized spacial score (nSPS) is 10.4. The molecule has 0 radical (unpaired) electrons. The minimum absolute atomic E-state index is 1.26. The van der Waals surface area contributed by atoms with Crippen molar-refractivity contribution >= 4 is 6.08 Å². The van der Waals surface area contributed by atoms with E-state index in [1.807, 2.05) is 0 Å². The average Bonchev–Trinajstić information content (AvgIpc) is 2.03. The molecule has 0 heterocycles. The van der Waals surface area contributed by atoms with Crippen LogP contribution in [0.2, 0.25) is 0 Å². The van der Waals surface area contributed by atoms with Crippen molar-refractivity contribution in [2.24, 2.45) is 0 Å². The summed E-state index contributed by atoms with van der Waals surface area (Å²) in [5.41, 5.74) is 3.89. The molecule has 13 heavy (non-hydrogen) atoms. The molecule has 1 aromatic carbocycles. The van der Waals surface area contributed by atoms with Crippen LogP contribution in [-0.4, -0.2) is 0 Å². The van der Waals surface area contributed by atoms with Gasteiger partial charge in [-0.2, -0.15) is 0 Å². The second-order valence-electron chi connectivity index (χ2n) is 3.52. The summed E-state index contributed by atoms with van der Waals surface area (Å²) in [6.45, 7) is 6.30. The zero-order valence-electron chi connectivity index (χ0n) is 8.54. The molecule has 1 aromatic rings. The van der Waals surface area contributed by atoms with Crippen LogP contribution in [0.5, 0.6) is 0 Å². The summed E-state index contributed by atoms with van der Waals surface area (Å²) in [5.74, 6) is 0. The third-order valence-electron chi connectivity index (χ3n) is 1.76. The van der Waals surface area contributed by atoms with Gasteiger partial charge in [-0.05, 0) is 26.3 Å². The number of hydrogen-bond acceptors (Lipinski definition) is 0. The molecular formula is C13H16. The fraction of sp³-hybridized carbons (Fsp3) is 0.231. The lowest BCUT2D eigenvalue weighted by atomic mass is 10.1. The van der Waals surface area contributed by atoms with Crippen molar-refractivity contribution in [1.82, 2.24) is 0 Å². The van der Waals surface area contributed by atoms with Crippen molar-refractivity contribution in [3.63, 3.8) is 0 Å². The third kappa shape index (κ3) is 3.75. The van der Waals surface area contributed by atoms with Crippen molar-refractivity contribution in [1.29, 1.82) is 0 Å². The number of rotatable bonds is 2. The number of aryl methyl sites for hydroxylation is 1. The first-order chi connectivity index (χ1) is 6.18. The van der Waals surface area contributed by atoms with Crippen LogP contribution in [0, 0.1) is 6.92 Å². The van der Waals surface area contributed by atoms with E-state index in [0.29, 0.717) is 0 Å². The van der Waals surface area contributed by atoms with Crippen molar-refractivity contribution in [2.75, 3.05) is 0 Å². The molecule has 0 unspecified atom stereocenters. The number of hydrogen-bond donors (Lipinski definition) is 0. The molecule has 0 N–H and O–H groups in total. The Labute approximate surface area is 80.6 Å². The van der Waals surface area contributed by atoms with Gasteiger partial charge in [-0.1, -0.05) is 53.6 Å². The van der Waals surface area contributed by atoms with Crippen LogP contribution in [0.4, 0.5) is 0 Å². The minimum atomic E-state index is 1.26. The molecule has 0 atom stereocenters. The Kier molecular flexibility index (Phi) is 3.51. The summed E-state index contributed by atoms with van der Waals surface area (Å²) >= 11 is 0. The zero-order chi connectivity index (χ0) is 9.68. The highest BCUT2D eigenvalue weighted by atomic mass is 13.9. The van der Waals surface area contributed by atoms with Crippen LogP contribution >= 0.6 is 0 Å². The van der Waals surface area contributed by atoms with Crippen molar-refractivity contribution in [3.8, 4) is 0 Å². The quantitative estimate of drug-likeness (QED) is 0.592. The molecule has 0 aliphatic heterocycles. The van der Waals surface area contributed by atoms with E-state index in [1.54, 1.807) is 0 Å². The summed E-state index contributed by atoms with van der Waals surface area (Å²) in [6, 6.07) is 8.48. The van der Waals surface area contributed by atoms with E-state index >= 15 is 0 Å². The lowest BCUT2D eigenvalue weighted by Crippen LogP contribution is -1.73. The van der Waals surface area contributed by atoms with Gasteiger partial charge in [-0.25, -0.2) is 0 Å². The van der Waals surface area contributed by atoms with Crippen LogP contribution in [0.1, 0.15) is 25.0 Å². The molecule has 0 amide bonds. The van der Waals surface area contributed by atoms with Crippen LogP contribution in [-0.2, 0) is 0 Å². The Hall–Kier alpha value is -1.30. The van der Waals surface area contributed by atoms with E-state index in [4.69, 9.17) is 0 Å². The van der Waals surface area contributed by atoms with E-state index in [2.05, 4.69) is 63.3 Å². The summed E-state index contributed by atoms with van der Waals surface area (Å²) in [7, 11) is 0. The summed E-state index contributed by atoms with van der Waals surface area (Å²) < 4.78 is 0. The van der Waals surface area contributed by atoms with Gasteiger partial charge in [0.2, 0.25) is 0 Å². The predicted molar refractivity (Wildman–Crippen MR) is 59.6 cm³/mol. The van der Waals surface area contributed by atoms with E-state index < -0.39 is 0 Å². The smallest absolute Gasteiger partial charge is 0.0254 e. The largest absolute Gasteiger partial charge is 0.0764 e. The maximum atomic E-state index is 2.18. The fourth-order valence-corrected chi connectivity index (χ4v) is 1.13. The molecular weight excluding hydrogens is 156 g/mol. The zero-order valence-corrected chi connectivity index (χ0v) is 8.54. The number of allylic oxidation sites excluding steroid dienone is 3. The monoisotopic (exact) mass is 172 g/mol. The third-order valence-corrected chi connectivity index (χ3v) is 1.76. The second-order valence-corrected chi connectivity index (χ2v) is 3.52. The molecule has 68 valence electrons. The molecule has 0 aromatic heterocycles. The highest BCUT2D eigenvalue weighted by molar-refractivity contribution is 5.52. The topological polar surface area (TPSA) is 0 Å². The molecule has 0 aliphatic carbocycles. The van der Waals surface area contributed by atoms with E-state index in [1.165, 1.54) is 16.7 Å². The highest BCUT2D eigenvalue weighted by Gasteiger charge is 1.85.